The van der Waals surface area contributed by atoms with Crippen molar-refractivity contribution in [2.75, 3.05) is 0 Å². The van der Waals surface area contributed by atoms with Gasteiger partial charge in [0.2, 0.25) is 0 Å². The predicted octanol–water partition coefficient (Wildman–Crippen LogP) is 1.35. The summed E-state index contributed by atoms with van der Waals surface area (Å²) >= 11 is 0. The molecule has 0 spiro atoms. The van der Waals surface area contributed by atoms with Crippen molar-refractivity contribution in [3.8, 4) is 0 Å². The van der Waals surface area contributed by atoms with Crippen LogP contribution >= 0.6 is 0 Å². The van der Waals surface area contributed by atoms with Gasteiger partial charge in [-0.3, -0.25) is 0 Å². The molecule has 0 aliphatic carbocycles. The van der Waals surface area contributed by atoms with Gasteiger partial charge in [0.05, 0.1) is 0 Å². The zero-order valence-corrected chi connectivity index (χ0v) is 6.92. The van der Waals surface area contributed by atoms with Crippen LogP contribution in [0.15, 0.2) is 23.8 Å². The fourth-order valence-corrected chi connectivity index (χ4v) is 1.03. The molecule has 0 radical (unpaired) electrons. The Hall–Kier alpha value is -1.38. The van der Waals surface area contributed by atoms with E-state index in [1.165, 1.54) is 0 Å². The van der Waals surface area contributed by atoms with Gasteiger partial charge in [0, 0.05) is 11.1 Å². The van der Waals surface area contributed by atoms with Crippen molar-refractivity contribution in [1.29, 1.82) is 0 Å². The molecule has 0 bridgehead atoms. The summed E-state index contributed by atoms with van der Waals surface area (Å²) in [5.74, 6) is -1.02. The summed E-state index contributed by atoms with van der Waals surface area (Å²) in [6.45, 7) is 5.13. The number of carbonyl (C=O) groups is 2. The van der Waals surface area contributed by atoms with Crippen molar-refractivity contribution < 1.29 is 14.3 Å². The van der Waals surface area contributed by atoms with Gasteiger partial charge in [0.1, 0.15) is 0 Å². The third-order valence-corrected chi connectivity index (χ3v) is 1.79. The average molecular weight is 166 g/mol. The second-order valence-corrected chi connectivity index (χ2v) is 2.61. The summed E-state index contributed by atoms with van der Waals surface area (Å²) in [5.41, 5.74) is 0.918. The van der Waals surface area contributed by atoms with E-state index in [2.05, 4.69) is 11.3 Å². The molecule has 0 aromatic rings. The zero-order chi connectivity index (χ0) is 9.14. The summed E-state index contributed by atoms with van der Waals surface area (Å²) in [4.78, 5) is 21.8. The molecular weight excluding hydrogens is 156 g/mol. The molecule has 12 heavy (non-hydrogen) atoms. The summed E-state index contributed by atoms with van der Waals surface area (Å²) in [6, 6.07) is 0. The Labute approximate surface area is 70.7 Å². The maximum Gasteiger partial charge on any atom is 0.342 e. The van der Waals surface area contributed by atoms with Crippen LogP contribution in [-0.4, -0.2) is 11.9 Å². The van der Waals surface area contributed by atoms with Crippen LogP contribution in [0.5, 0.6) is 0 Å². The summed E-state index contributed by atoms with van der Waals surface area (Å²) in [5, 5.41) is 0. The number of cyclic esters (lactones) is 2. The smallest absolute Gasteiger partial charge is 0.342 e. The Morgan fingerprint density at radius 1 is 1.42 bits per heavy atom. The molecule has 0 fully saturated rings. The monoisotopic (exact) mass is 166 g/mol. The van der Waals surface area contributed by atoms with Crippen LogP contribution in [0.1, 0.15) is 19.8 Å². The van der Waals surface area contributed by atoms with Gasteiger partial charge in [-0.2, -0.15) is 0 Å². The Morgan fingerprint density at radius 2 is 2.08 bits per heavy atom. The molecule has 3 nitrogen and oxygen atoms in total. The number of esters is 2. The lowest BCUT2D eigenvalue weighted by molar-refractivity contribution is -0.151. The summed E-state index contributed by atoms with van der Waals surface area (Å²) in [6.07, 6.45) is 2.94. The normalized spacial score (nSPS) is 16.8. The molecule has 0 atom stereocenters. The maximum atomic E-state index is 11.0. The standard InChI is InChI=1S/C9H10O3/c1-3-4-5-7-6(2)8(10)12-9(7)11/h3H,1,4-5H2,2H3. The first-order valence-electron chi connectivity index (χ1n) is 3.74. The predicted molar refractivity (Wildman–Crippen MR) is 43.2 cm³/mol. The molecule has 0 saturated carbocycles. The molecule has 1 aliphatic rings. The second-order valence-electron chi connectivity index (χ2n) is 2.61. The van der Waals surface area contributed by atoms with Crippen LogP contribution in [0.3, 0.4) is 0 Å². The third kappa shape index (κ3) is 1.44. The molecule has 0 N–H and O–H groups in total. The molecule has 0 amide bonds. The fraction of sp³-hybridized carbons (Fsp3) is 0.333. The maximum absolute atomic E-state index is 11.0. The number of ether oxygens (including phenoxy) is 1. The molecule has 0 saturated heterocycles. The van der Waals surface area contributed by atoms with Crippen molar-refractivity contribution in [1.82, 2.24) is 0 Å². The molecule has 64 valence electrons. The van der Waals surface area contributed by atoms with Crippen molar-refractivity contribution >= 4 is 11.9 Å². The molecule has 0 unspecified atom stereocenters. The van der Waals surface area contributed by atoms with E-state index in [1.807, 2.05) is 0 Å². The lowest BCUT2D eigenvalue weighted by Crippen LogP contribution is -2.01. The number of rotatable bonds is 3. The minimum atomic E-state index is -0.515. The highest BCUT2D eigenvalue weighted by Crippen LogP contribution is 2.20. The highest BCUT2D eigenvalue weighted by molar-refractivity contribution is 6.11. The minimum absolute atomic E-state index is 0.432. The van der Waals surface area contributed by atoms with Gasteiger partial charge in [0.25, 0.3) is 0 Å². The van der Waals surface area contributed by atoms with Gasteiger partial charge >= 0.3 is 11.9 Å². The topological polar surface area (TPSA) is 43.4 Å². The van der Waals surface area contributed by atoms with Gasteiger partial charge in [0.15, 0.2) is 0 Å². The van der Waals surface area contributed by atoms with Crippen molar-refractivity contribution in [2.24, 2.45) is 0 Å². The van der Waals surface area contributed by atoms with Crippen LogP contribution in [-0.2, 0) is 14.3 Å². The third-order valence-electron chi connectivity index (χ3n) is 1.79. The highest BCUT2D eigenvalue weighted by Gasteiger charge is 2.28. The fourth-order valence-electron chi connectivity index (χ4n) is 1.03. The largest absolute Gasteiger partial charge is 0.386 e. The first-order chi connectivity index (χ1) is 5.66. The van der Waals surface area contributed by atoms with Crippen molar-refractivity contribution in [3.05, 3.63) is 23.8 Å². The van der Waals surface area contributed by atoms with E-state index in [-0.39, 0.29) is 0 Å². The van der Waals surface area contributed by atoms with Gasteiger partial charge in [-0.15, -0.1) is 6.58 Å². The quantitative estimate of drug-likeness (QED) is 0.361. The molecule has 0 aromatic carbocycles. The lowest BCUT2D eigenvalue weighted by atomic mass is 10.1. The molecule has 1 aliphatic heterocycles. The Morgan fingerprint density at radius 3 is 2.50 bits per heavy atom. The Balaban J connectivity index is 2.78. The van der Waals surface area contributed by atoms with Crippen molar-refractivity contribution in [3.63, 3.8) is 0 Å². The van der Waals surface area contributed by atoms with Crippen molar-refractivity contribution in [2.45, 2.75) is 19.8 Å². The Bertz CT molecular complexity index is 273. The van der Waals surface area contributed by atoms with E-state index < -0.39 is 11.9 Å². The number of allylic oxidation sites excluding steroid dienone is 1. The second kappa shape index (κ2) is 3.34. The van der Waals surface area contributed by atoms with Crippen LogP contribution < -0.4 is 0 Å². The van der Waals surface area contributed by atoms with Gasteiger partial charge in [-0.05, 0) is 19.8 Å². The molecular formula is C9H10O3. The Kier molecular flexibility index (Phi) is 2.43. The van der Waals surface area contributed by atoms with Crippen LogP contribution in [0.2, 0.25) is 0 Å². The van der Waals surface area contributed by atoms with Gasteiger partial charge in [-0.25, -0.2) is 9.59 Å². The van der Waals surface area contributed by atoms with Crippen LogP contribution in [0.4, 0.5) is 0 Å². The van der Waals surface area contributed by atoms with E-state index in [0.717, 1.165) is 0 Å². The highest BCUT2D eigenvalue weighted by atomic mass is 16.6. The SMILES string of the molecule is C=CCCC1=C(C)C(=O)OC1=O. The molecule has 3 heteroatoms. The van der Waals surface area contributed by atoms with E-state index in [1.54, 1.807) is 13.0 Å². The van der Waals surface area contributed by atoms with E-state index >= 15 is 0 Å². The van der Waals surface area contributed by atoms with E-state index in [4.69, 9.17) is 0 Å². The average Bonchev–Trinajstić information content (AvgIpc) is 2.25. The molecule has 0 aromatic heterocycles. The summed E-state index contributed by atoms with van der Waals surface area (Å²) in [7, 11) is 0. The number of hydrogen-bond acceptors (Lipinski definition) is 3. The van der Waals surface area contributed by atoms with E-state index in [0.29, 0.717) is 24.0 Å². The molecule has 1 heterocycles. The first-order valence-corrected chi connectivity index (χ1v) is 3.74. The van der Waals surface area contributed by atoms with Crippen LogP contribution in [0.25, 0.3) is 0 Å². The van der Waals surface area contributed by atoms with Gasteiger partial charge < -0.3 is 4.74 Å². The number of hydrogen-bond donors (Lipinski definition) is 0. The minimum Gasteiger partial charge on any atom is -0.386 e. The summed E-state index contributed by atoms with van der Waals surface area (Å²) < 4.78 is 4.40. The van der Waals surface area contributed by atoms with Crippen LogP contribution in [0, 0.1) is 0 Å². The first kappa shape index (κ1) is 8.71. The lowest BCUT2D eigenvalue weighted by Gasteiger charge is -1.93. The molecule has 1 rings (SSSR count). The van der Waals surface area contributed by atoms with Gasteiger partial charge in [-0.1, -0.05) is 6.08 Å². The zero-order valence-electron chi connectivity index (χ0n) is 6.92. The number of carbonyl (C=O) groups excluding carboxylic acids is 2. The van der Waals surface area contributed by atoms with E-state index in [9.17, 15) is 9.59 Å².